The summed E-state index contributed by atoms with van der Waals surface area (Å²) in [6, 6.07) is 9.15. The van der Waals surface area contributed by atoms with E-state index in [4.69, 9.17) is 0 Å². The Kier molecular flexibility index (Phi) is 3.88. The molecule has 22 heavy (non-hydrogen) atoms. The molecule has 2 aromatic rings. The highest BCUT2D eigenvalue weighted by atomic mass is 19.2. The molecular weight excluding hydrogens is 286 g/mol. The highest BCUT2D eigenvalue weighted by molar-refractivity contribution is 5.74. The third kappa shape index (κ3) is 2.71. The normalized spacial score (nSPS) is 17.8. The van der Waals surface area contributed by atoms with Crippen LogP contribution in [0.25, 0.3) is 11.3 Å². The summed E-state index contributed by atoms with van der Waals surface area (Å²) in [5.74, 6) is -1.74. The summed E-state index contributed by atoms with van der Waals surface area (Å²) in [6.45, 7) is 2.29. The zero-order valence-electron chi connectivity index (χ0n) is 12.2. The summed E-state index contributed by atoms with van der Waals surface area (Å²) in [5.41, 5.74) is 1.88. The number of amides is 1. The summed E-state index contributed by atoms with van der Waals surface area (Å²) in [6.07, 6.45) is 1.81. The second-order valence-corrected chi connectivity index (χ2v) is 5.45. The van der Waals surface area contributed by atoms with Gasteiger partial charge in [-0.1, -0.05) is 6.07 Å². The zero-order chi connectivity index (χ0) is 15.7. The van der Waals surface area contributed by atoms with Crippen molar-refractivity contribution in [3.63, 3.8) is 0 Å². The maximum atomic E-state index is 13.4. The molecule has 3 nitrogen and oxygen atoms in total. The van der Waals surface area contributed by atoms with Gasteiger partial charge in [0.25, 0.3) is 0 Å². The first-order valence-corrected chi connectivity index (χ1v) is 7.26. The number of aromatic nitrogens is 1. The molecule has 0 bridgehead atoms. The van der Waals surface area contributed by atoms with Crippen molar-refractivity contribution in [3.05, 3.63) is 53.7 Å². The van der Waals surface area contributed by atoms with Crippen molar-refractivity contribution >= 4 is 5.91 Å². The number of pyridine rings is 1. The number of hydrogen-bond donors (Lipinski definition) is 0. The third-order valence-electron chi connectivity index (χ3n) is 3.98. The van der Waals surface area contributed by atoms with Crippen molar-refractivity contribution in [3.8, 4) is 11.3 Å². The summed E-state index contributed by atoms with van der Waals surface area (Å²) in [4.78, 5) is 18.0. The molecule has 1 fully saturated rings. The quantitative estimate of drug-likeness (QED) is 0.847. The molecule has 0 aliphatic carbocycles. The maximum absolute atomic E-state index is 13.4. The fourth-order valence-corrected chi connectivity index (χ4v) is 2.90. The summed E-state index contributed by atoms with van der Waals surface area (Å²) >= 11 is 0. The molecule has 5 heteroatoms. The Labute approximate surface area is 127 Å². The lowest BCUT2D eigenvalue weighted by atomic mass is 10.1. The Bertz CT molecular complexity index is 718. The summed E-state index contributed by atoms with van der Waals surface area (Å²) in [7, 11) is 0. The minimum Gasteiger partial charge on any atom is -0.334 e. The molecular formula is C17H16F2N2O. The predicted octanol–water partition coefficient (Wildman–Crippen LogP) is 3.71. The van der Waals surface area contributed by atoms with E-state index in [0.29, 0.717) is 11.3 Å². The van der Waals surface area contributed by atoms with Gasteiger partial charge < -0.3 is 4.90 Å². The van der Waals surface area contributed by atoms with Crippen LogP contribution < -0.4 is 0 Å². The minimum absolute atomic E-state index is 0.0301. The molecule has 1 aliphatic heterocycles. The number of hydrogen-bond acceptors (Lipinski definition) is 2. The van der Waals surface area contributed by atoms with Gasteiger partial charge in [0, 0.05) is 19.0 Å². The van der Waals surface area contributed by atoms with Crippen LogP contribution in [0.3, 0.4) is 0 Å². The fourth-order valence-electron chi connectivity index (χ4n) is 2.90. The molecule has 3 rings (SSSR count). The second kappa shape index (κ2) is 5.83. The largest absolute Gasteiger partial charge is 0.334 e. The van der Waals surface area contributed by atoms with Gasteiger partial charge >= 0.3 is 0 Å². The highest BCUT2D eigenvalue weighted by Gasteiger charge is 2.28. The molecule has 114 valence electrons. The molecule has 0 N–H and O–H groups in total. The molecule has 0 unspecified atom stereocenters. The number of carbonyl (C=O) groups excluding carboxylic acids is 1. The van der Waals surface area contributed by atoms with E-state index in [9.17, 15) is 13.6 Å². The van der Waals surface area contributed by atoms with Gasteiger partial charge in [-0.25, -0.2) is 8.78 Å². The van der Waals surface area contributed by atoms with E-state index >= 15 is 0 Å². The van der Waals surface area contributed by atoms with Crippen molar-refractivity contribution in [2.24, 2.45) is 0 Å². The van der Waals surface area contributed by atoms with Crippen LogP contribution in [-0.2, 0) is 4.79 Å². The summed E-state index contributed by atoms with van der Waals surface area (Å²) < 4.78 is 26.4. The Hall–Kier alpha value is -2.30. The van der Waals surface area contributed by atoms with Gasteiger partial charge in [0.1, 0.15) is 0 Å². The number of nitrogens with zero attached hydrogens (tertiary/aromatic N) is 2. The van der Waals surface area contributed by atoms with Crippen LogP contribution in [0.2, 0.25) is 0 Å². The molecule has 1 atom stereocenters. The highest BCUT2D eigenvalue weighted by Crippen LogP contribution is 2.32. The lowest BCUT2D eigenvalue weighted by Crippen LogP contribution is -2.28. The van der Waals surface area contributed by atoms with E-state index in [1.54, 1.807) is 17.9 Å². The number of likely N-dealkylation sites (tertiary alicyclic amines) is 1. The molecule has 1 aromatic carbocycles. The maximum Gasteiger partial charge on any atom is 0.220 e. The smallest absolute Gasteiger partial charge is 0.220 e. The van der Waals surface area contributed by atoms with Crippen molar-refractivity contribution in [2.45, 2.75) is 25.8 Å². The van der Waals surface area contributed by atoms with E-state index in [0.717, 1.165) is 37.2 Å². The van der Waals surface area contributed by atoms with Crippen LogP contribution in [0.5, 0.6) is 0 Å². The van der Waals surface area contributed by atoms with Gasteiger partial charge in [-0.05, 0) is 43.2 Å². The van der Waals surface area contributed by atoms with Gasteiger partial charge in [-0.3, -0.25) is 9.78 Å². The molecule has 0 saturated carbocycles. The van der Waals surface area contributed by atoms with Crippen LogP contribution in [0, 0.1) is 11.6 Å². The molecule has 1 amide bonds. The minimum atomic E-state index is -0.893. The Balaban J connectivity index is 1.95. The monoisotopic (exact) mass is 302 g/mol. The molecule has 1 saturated heterocycles. The van der Waals surface area contributed by atoms with Crippen molar-refractivity contribution in [1.82, 2.24) is 9.88 Å². The average Bonchev–Trinajstić information content (AvgIpc) is 3.00. The SMILES string of the molecule is CC(=O)N1CCC[C@@H]1c1cccc(-c2ccc(F)c(F)c2)n1. The Morgan fingerprint density at radius 3 is 2.77 bits per heavy atom. The van der Waals surface area contributed by atoms with E-state index in [2.05, 4.69) is 4.98 Å². The van der Waals surface area contributed by atoms with Gasteiger partial charge in [-0.2, -0.15) is 0 Å². The van der Waals surface area contributed by atoms with Crippen LogP contribution in [0.1, 0.15) is 31.5 Å². The van der Waals surface area contributed by atoms with E-state index in [1.165, 1.54) is 6.07 Å². The molecule has 1 aromatic heterocycles. The van der Waals surface area contributed by atoms with Crippen molar-refractivity contribution in [1.29, 1.82) is 0 Å². The van der Waals surface area contributed by atoms with Crippen LogP contribution in [0.15, 0.2) is 36.4 Å². The van der Waals surface area contributed by atoms with Crippen LogP contribution in [-0.4, -0.2) is 22.3 Å². The molecule has 0 radical (unpaired) electrons. The number of halogens is 2. The Morgan fingerprint density at radius 1 is 1.23 bits per heavy atom. The standard InChI is InChI=1S/C17H16F2N2O/c1-11(22)21-9-3-6-17(21)16-5-2-4-15(20-16)12-7-8-13(18)14(19)10-12/h2,4-5,7-8,10,17H,3,6,9H2,1H3/t17-/m1/s1. The number of benzene rings is 1. The van der Waals surface area contributed by atoms with E-state index < -0.39 is 11.6 Å². The summed E-state index contributed by atoms with van der Waals surface area (Å²) in [5, 5.41) is 0. The number of carbonyl (C=O) groups is 1. The van der Waals surface area contributed by atoms with Crippen molar-refractivity contribution < 1.29 is 13.6 Å². The predicted molar refractivity (Wildman–Crippen MR) is 79.0 cm³/mol. The molecule has 2 heterocycles. The van der Waals surface area contributed by atoms with Gasteiger partial charge in [0.15, 0.2) is 11.6 Å². The first-order valence-electron chi connectivity index (χ1n) is 7.26. The zero-order valence-corrected chi connectivity index (χ0v) is 12.2. The lowest BCUT2D eigenvalue weighted by molar-refractivity contribution is -0.129. The number of rotatable bonds is 2. The van der Waals surface area contributed by atoms with E-state index in [-0.39, 0.29) is 11.9 Å². The second-order valence-electron chi connectivity index (χ2n) is 5.45. The van der Waals surface area contributed by atoms with Crippen LogP contribution >= 0.6 is 0 Å². The third-order valence-corrected chi connectivity index (χ3v) is 3.98. The van der Waals surface area contributed by atoms with Gasteiger partial charge in [-0.15, -0.1) is 0 Å². The van der Waals surface area contributed by atoms with E-state index in [1.807, 2.05) is 12.1 Å². The van der Waals surface area contributed by atoms with Crippen molar-refractivity contribution in [2.75, 3.05) is 6.54 Å². The lowest BCUT2D eigenvalue weighted by Gasteiger charge is -2.23. The first kappa shape index (κ1) is 14.6. The molecule has 1 aliphatic rings. The fraction of sp³-hybridized carbons (Fsp3) is 0.294. The molecule has 0 spiro atoms. The average molecular weight is 302 g/mol. The van der Waals surface area contributed by atoms with Gasteiger partial charge in [0.05, 0.1) is 17.4 Å². The van der Waals surface area contributed by atoms with Crippen LogP contribution in [0.4, 0.5) is 8.78 Å². The Morgan fingerprint density at radius 2 is 2.05 bits per heavy atom. The first-order chi connectivity index (χ1) is 10.6. The topological polar surface area (TPSA) is 33.2 Å². The van der Waals surface area contributed by atoms with Gasteiger partial charge in [0.2, 0.25) is 5.91 Å².